The van der Waals surface area contributed by atoms with Gasteiger partial charge in [-0.3, -0.25) is 14.4 Å². The van der Waals surface area contributed by atoms with Crippen molar-refractivity contribution in [1.82, 2.24) is 4.90 Å². The molecular formula is C21H23N3O6. The maximum absolute atomic E-state index is 12.2. The number of amides is 1. The van der Waals surface area contributed by atoms with E-state index in [1.54, 1.807) is 20.2 Å². The number of hydrogen-bond acceptors (Lipinski definition) is 8. The zero-order chi connectivity index (χ0) is 22.2. The molecule has 4 N–H and O–H groups in total. The number of nitrogens with zero attached hydrogens (tertiary/aromatic N) is 1. The highest BCUT2D eigenvalue weighted by molar-refractivity contribution is 5.99. The number of anilines is 3. The minimum absolute atomic E-state index is 0.0371. The van der Waals surface area contributed by atoms with E-state index in [1.165, 1.54) is 29.4 Å². The first-order chi connectivity index (χ1) is 14.1. The molecule has 9 nitrogen and oxygen atoms in total. The van der Waals surface area contributed by atoms with Gasteiger partial charge in [0.15, 0.2) is 17.7 Å². The van der Waals surface area contributed by atoms with E-state index in [1.807, 2.05) is 13.8 Å². The van der Waals surface area contributed by atoms with Crippen LogP contribution in [0.4, 0.5) is 17.1 Å². The number of phenolic OH excluding ortho intramolecular Hbond substituents is 1. The molecular weight excluding hydrogens is 390 g/mol. The van der Waals surface area contributed by atoms with Crippen LogP contribution in [-0.2, 0) is 0 Å². The van der Waals surface area contributed by atoms with Gasteiger partial charge in [-0.05, 0) is 29.7 Å². The number of carbonyl (C=O) groups excluding carboxylic acids is 1. The van der Waals surface area contributed by atoms with Crippen molar-refractivity contribution in [3.8, 4) is 5.75 Å². The first-order valence-electron chi connectivity index (χ1n) is 9.28. The molecule has 3 rings (SSSR count). The van der Waals surface area contributed by atoms with E-state index in [4.69, 9.17) is 4.42 Å². The van der Waals surface area contributed by atoms with Crippen LogP contribution in [0, 0.1) is 0 Å². The van der Waals surface area contributed by atoms with Crippen LogP contribution in [0.3, 0.4) is 0 Å². The monoisotopic (exact) mass is 413 g/mol. The predicted molar refractivity (Wildman–Crippen MR) is 112 cm³/mol. The second kappa shape index (κ2) is 8.03. The van der Waals surface area contributed by atoms with Gasteiger partial charge in [0.1, 0.15) is 11.4 Å². The van der Waals surface area contributed by atoms with E-state index in [2.05, 4.69) is 10.6 Å². The summed E-state index contributed by atoms with van der Waals surface area (Å²) in [5, 5.41) is 26.0. The van der Waals surface area contributed by atoms with E-state index in [0.29, 0.717) is 0 Å². The molecule has 0 aliphatic heterocycles. The van der Waals surface area contributed by atoms with Gasteiger partial charge < -0.3 is 30.2 Å². The lowest BCUT2D eigenvalue weighted by molar-refractivity contribution is 0.0824. The van der Waals surface area contributed by atoms with E-state index in [-0.39, 0.29) is 40.1 Å². The number of rotatable bonds is 7. The molecule has 1 amide bonds. The molecule has 158 valence electrons. The molecule has 0 saturated carbocycles. The van der Waals surface area contributed by atoms with Crippen LogP contribution in [0.1, 0.15) is 47.7 Å². The Morgan fingerprint density at radius 2 is 1.80 bits per heavy atom. The number of nitrogens with one attached hydrogen (secondary N) is 2. The zero-order valence-corrected chi connectivity index (χ0v) is 17.0. The Kier molecular flexibility index (Phi) is 5.66. The summed E-state index contributed by atoms with van der Waals surface area (Å²) >= 11 is 0. The molecule has 0 radical (unpaired) electrons. The topological polar surface area (TPSA) is 132 Å². The third kappa shape index (κ3) is 3.79. The lowest BCUT2D eigenvalue weighted by Crippen LogP contribution is -2.37. The minimum atomic E-state index is -1.35. The lowest BCUT2D eigenvalue weighted by Gasteiger charge is -2.19. The fourth-order valence-corrected chi connectivity index (χ4v) is 2.86. The van der Waals surface area contributed by atoms with E-state index in [9.17, 15) is 24.6 Å². The maximum Gasteiger partial charge on any atom is 0.257 e. The third-order valence-electron chi connectivity index (χ3n) is 4.70. The number of para-hydroxylation sites is 1. The molecule has 1 heterocycles. The highest BCUT2D eigenvalue weighted by Gasteiger charge is 2.26. The fourth-order valence-electron chi connectivity index (χ4n) is 2.86. The average molecular weight is 413 g/mol. The normalized spacial score (nSPS) is 12.2. The van der Waals surface area contributed by atoms with Crippen molar-refractivity contribution in [2.75, 3.05) is 24.7 Å². The number of hydrogen-bond donors (Lipinski definition) is 4. The molecule has 0 spiro atoms. The third-order valence-corrected chi connectivity index (χ3v) is 4.70. The number of carbonyl (C=O) groups is 1. The molecule has 3 aromatic rings. The molecule has 0 bridgehead atoms. The molecule has 9 heteroatoms. The number of aliphatic hydroxyl groups excluding tert-OH is 1. The number of furan rings is 1. The molecule has 1 aromatic heterocycles. The van der Waals surface area contributed by atoms with Crippen molar-refractivity contribution in [3.63, 3.8) is 0 Å². The smallest absolute Gasteiger partial charge is 0.257 e. The Morgan fingerprint density at radius 1 is 1.13 bits per heavy atom. The van der Waals surface area contributed by atoms with Crippen molar-refractivity contribution >= 4 is 23.0 Å². The van der Waals surface area contributed by atoms with Crippen LogP contribution in [-0.4, -0.2) is 35.1 Å². The number of benzene rings is 1. The van der Waals surface area contributed by atoms with E-state index in [0.717, 1.165) is 5.56 Å². The first-order valence-corrected chi connectivity index (χ1v) is 9.28. The predicted octanol–water partition coefficient (Wildman–Crippen LogP) is 2.25. The molecule has 30 heavy (non-hydrogen) atoms. The average Bonchev–Trinajstić information content (AvgIpc) is 3.21. The number of aromatic hydroxyl groups is 1. The fraction of sp³-hybridized carbons (Fsp3) is 0.286. The minimum Gasteiger partial charge on any atom is -0.505 e. The van der Waals surface area contributed by atoms with Crippen LogP contribution in [0.15, 0.2) is 44.5 Å². The standard InChI is InChI=1S/C21H23N3O6/c1-10(2)11-8-14(30-9-11)20(28)23-16-15(18(26)19(16)27)22-13-7-5-6-12(17(13)25)21(29)24(3)4/h5-10,20,22-23,25,28H,1-4H3/t20-/m1/s1. The Balaban J connectivity index is 1.85. The Labute approximate surface area is 172 Å². The Morgan fingerprint density at radius 3 is 2.40 bits per heavy atom. The van der Waals surface area contributed by atoms with Gasteiger partial charge in [0.25, 0.3) is 16.8 Å². The molecule has 0 fully saturated rings. The highest BCUT2D eigenvalue weighted by atomic mass is 16.4. The molecule has 1 atom stereocenters. The van der Waals surface area contributed by atoms with Crippen LogP contribution >= 0.6 is 0 Å². The van der Waals surface area contributed by atoms with Gasteiger partial charge in [0, 0.05) is 14.1 Å². The summed E-state index contributed by atoms with van der Waals surface area (Å²) in [7, 11) is 3.09. The van der Waals surface area contributed by atoms with Gasteiger partial charge in [-0.25, -0.2) is 0 Å². The molecule has 0 unspecified atom stereocenters. The van der Waals surface area contributed by atoms with Crippen molar-refractivity contribution in [2.45, 2.75) is 26.0 Å². The van der Waals surface area contributed by atoms with Gasteiger partial charge in [0.2, 0.25) is 0 Å². The SMILES string of the molecule is CC(C)c1coc([C@@H](O)Nc2c(Nc3cccc(C(=O)N(C)C)c3O)c(=O)c2=O)c1. The quantitative estimate of drug-likeness (QED) is 0.263. The van der Waals surface area contributed by atoms with Crippen molar-refractivity contribution in [2.24, 2.45) is 0 Å². The van der Waals surface area contributed by atoms with Crippen molar-refractivity contribution in [1.29, 1.82) is 0 Å². The zero-order valence-electron chi connectivity index (χ0n) is 17.0. The summed E-state index contributed by atoms with van der Waals surface area (Å²) in [6.45, 7) is 3.93. The van der Waals surface area contributed by atoms with Crippen LogP contribution < -0.4 is 21.5 Å². The highest BCUT2D eigenvalue weighted by Crippen LogP contribution is 2.33. The largest absolute Gasteiger partial charge is 0.505 e. The summed E-state index contributed by atoms with van der Waals surface area (Å²) in [5.41, 5.74) is -0.898. The second-order valence-corrected chi connectivity index (χ2v) is 7.42. The summed E-state index contributed by atoms with van der Waals surface area (Å²) in [6, 6.07) is 6.09. The molecule has 0 aliphatic carbocycles. The van der Waals surface area contributed by atoms with Gasteiger partial charge in [0.05, 0.1) is 17.5 Å². The Bertz CT molecular complexity index is 1150. The number of phenols is 1. The first kappa shape index (κ1) is 21.1. The molecule has 0 aliphatic rings. The van der Waals surface area contributed by atoms with Crippen molar-refractivity contribution in [3.05, 3.63) is 67.9 Å². The lowest BCUT2D eigenvalue weighted by atomic mass is 10.1. The van der Waals surface area contributed by atoms with E-state index >= 15 is 0 Å². The van der Waals surface area contributed by atoms with E-state index < -0.39 is 23.0 Å². The number of aliphatic hydroxyl groups is 1. The van der Waals surface area contributed by atoms with Gasteiger partial charge in [-0.2, -0.15) is 0 Å². The van der Waals surface area contributed by atoms with Gasteiger partial charge in [-0.15, -0.1) is 0 Å². The van der Waals surface area contributed by atoms with Gasteiger partial charge in [-0.1, -0.05) is 19.9 Å². The Hall–Kier alpha value is -3.59. The van der Waals surface area contributed by atoms with Crippen molar-refractivity contribution < 1.29 is 19.4 Å². The van der Waals surface area contributed by atoms with Crippen LogP contribution in [0.2, 0.25) is 0 Å². The summed E-state index contributed by atoms with van der Waals surface area (Å²) in [4.78, 5) is 37.5. The summed E-state index contributed by atoms with van der Waals surface area (Å²) in [5.74, 6) is -0.394. The van der Waals surface area contributed by atoms with Crippen LogP contribution in [0.5, 0.6) is 5.75 Å². The molecule has 0 saturated heterocycles. The second-order valence-electron chi connectivity index (χ2n) is 7.42. The summed E-state index contributed by atoms with van der Waals surface area (Å²) in [6.07, 6.45) is 0.161. The maximum atomic E-state index is 12.2. The summed E-state index contributed by atoms with van der Waals surface area (Å²) < 4.78 is 5.32. The van der Waals surface area contributed by atoms with Crippen LogP contribution in [0.25, 0.3) is 0 Å². The molecule has 2 aromatic carbocycles. The van der Waals surface area contributed by atoms with Gasteiger partial charge >= 0.3 is 0 Å².